The van der Waals surface area contributed by atoms with Gasteiger partial charge in [-0.1, -0.05) is 38.5 Å². The van der Waals surface area contributed by atoms with Gasteiger partial charge in [-0.3, -0.25) is 9.69 Å². The number of rotatable bonds is 10. The maximum Gasteiger partial charge on any atom is 0.263 e. The lowest BCUT2D eigenvalue weighted by atomic mass is 9.79. The zero-order valence-electron chi connectivity index (χ0n) is 19.8. The van der Waals surface area contributed by atoms with E-state index in [2.05, 4.69) is 24.1 Å². The Hall–Kier alpha value is -2.57. The first-order valence-corrected chi connectivity index (χ1v) is 11.4. The first-order valence-electron chi connectivity index (χ1n) is 11.4. The largest absolute Gasteiger partial charge is 0.496 e. The topological polar surface area (TPSA) is 60.0 Å². The van der Waals surface area contributed by atoms with Crippen LogP contribution in [0.1, 0.15) is 49.0 Å². The maximum absolute atomic E-state index is 13.0. The van der Waals surface area contributed by atoms with Crippen LogP contribution >= 0.6 is 0 Å². The molecule has 0 atom stereocenters. The molecule has 0 spiro atoms. The molecule has 0 unspecified atom stereocenters. The fraction of sp³-hybridized carbons (Fsp3) is 0.500. The number of morpholine rings is 1. The molecule has 1 aliphatic heterocycles. The van der Waals surface area contributed by atoms with Crippen LogP contribution in [0.5, 0.6) is 11.5 Å². The average molecular weight is 441 g/mol. The molecule has 1 fully saturated rings. The van der Waals surface area contributed by atoms with Crippen LogP contribution in [0.4, 0.5) is 5.69 Å². The first-order chi connectivity index (χ1) is 15.4. The SMILES string of the molecule is COc1cc(C(C)(C)CCCCN2CCOCC2)cc(OC)c1C(=O)Nc1ccccc1. The van der Waals surface area contributed by atoms with Crippen LogP contribution in [-0.4, -0.2) is 57.9 Å². The van der Waals surface area contributed by atoms with E-state index in [1.807, 2.05) is 42.5 Å². The molecule has 0 aliphatic carbocycles. The van der Waals surface area contributed by atoms with E-state index in [1.165, 1.54) is 0 Å². The number of nitrogens with one attached hydrogen (secondary N) is 1. The Morgan fingerprint density at radius 3 is 2.25 bits per heavy atom. The van der Waals surface area contributed by atoms with Crippen molar-refractivity contribution in [3.05, 3.63) is 53.6 Å². The number of benzene rings is 2. The fourth-order valence-electron chi connectivity index (χ4n) is 4.11. The molecule has 0 radical (unpaired) electrons. The van der Waals surface area contributed by atoms with Gasteiger partial charge in [-0.2, -0.15) is 0 Å². The van der Waals surface area contributed by atoms with Gasteiger partial charge in [0, 0.05) is 18.8 Å². The van der Waals surface area contributed by atoms with Gasteiger partial charge in [0.2, 0.25) is 0 Å². The lowest BCUT2D eigenvalue weighted by Gasteiger charge is -2.29. The molecule has 6 heteroatoms. The first kappa shape index (κ1) is 24.1. The molecule has 0 aromatic heterocycles. The molecule has 2 aromatic rings. The van der Waals surface area contributed by atoms with Crippen molar-refractivity contribution in [1.82, 2.24) is 4.90 Å². The number of unbranched alkanes of at least 4 members (excludes halogenated alkanes) is 1. The zero-order valence-corrected chi connectivity index (χ0v) is 19.8. The van der Waals surface area contributed by atoms with E-state index in [1.54, 1.807) is 14.2 Å². The van der Waals surface area contributed by atoms with E-state index in [4.69, 9.17) is 14.2 Å². The zero-order chi connectivity index (χ0) is 23.0. The minimum atomic E-state index is -0.250. The van der Waals surface area contributed by atoms with Crippen LogP contribution in [-0.2, 0) is 10.2 Å². The lowest BCUT2D eigenvalue weighted by molar-refractivity contribution is 0.0370. The molecule has 1 amide bonds. The molecule has 1 aliphatic rings. The van der Waals surface area contributed by atoms with Crippen molar-refractivity contribution < 1.29 is 19.0 Å². The number of hydrogen-bond donors (Lipinski definition) is 1. The molecule has 1 heterocycles. The molecule has 6 nitrogen and oxygen atoms in total. The van der Waals surface area contributed by atoms with Crippen LogP contribution in [0.3, 0.4) is 0 Å². The van der Waals surface area contributed by atoms with Crippen molar-refractivity contribution in [1.29, 1.82) is 0 Å². The second-order valence-electron chi connectivity index (χ2n) is 8.87. The van der Waals surface area contributed by atoms with Gasteiger partial charge in [-0.15, -0.1) is 0 Å². The molecule has 2 aromatic carbocycles. The predicted molar refractivity (Wildman–Crippen MR) is 128 cm³/mol. The summed E-state index contributed by atoms with van der Waals surface area (Å²) in [4.78, 5) is 15.5. The van der Waals surface area contributed by atoms with Crippen LogP contribution in [0.15, 0.2) is 42.5 Å². The van der Waals surface area contributed by atoms with Gasteiger partial charge in [-0.25, -0.2) is 0 Å². The summed E-state index contributed by atoms with van der Waals surface area (Å²) in [5.41, 5.74) is 2.17. The molecule has 174 valence electrons. The Kier molecular flexibility index (Phi) is 8.53. The van der Waals surface area contributed by atoms with E-state index in [0.717, 1.165) is 63.4 Å². The number of carbonyl (C=O) groups excluding carboxylic acids is 1. The van der Waals surface area contributed by atoms with Crippen LogP contribution in [0.25, 0.3) is 0 Å². The Labute approximate surface area is 191 Å². The molecule has 32 heavy (non-hydrogen) atoms. The van der Waals surface area contributed by atoms with Gasteiger partial charge >= 0.3 is 0 Å². The maximum atomic E-state index is 13.0. The highest BCUT2D eigenvalue weighted by Gasteiger charge is 2.27. The van der Waals surface area contributed by atoms with Gasteiger partial charge in [0.1, 0.15) is 17.1 Å². The molecule has 3 rings (SSSR count). The number of anilines is 1. The molecular weight excluding hydrogens is 404 g/mol. The third kappa shape index (κ3) is 6.24. The monoisotopic (exact) mass is 440 g/mol. The van der Waals surface area contributed by atoms with Gasteiger partial charge in [0.25, 0.3) is 5.91 Å². The van der Waals surface area contributed by atoms with Crippen LogP contribution < -0.4 is 14.8 Å². The second kappa shape index (κ2) is 11.3. The van der Waals surface area contributed by atoms with Crippen molar-refractivity contribution in [2.75, 3.05) is 52.4 Å². The van der Waals surface area contributed by atoms with Crippen molar-refractivity contribution >= 4 is 11.6 Å². The predicted octanol–water partition coefficient (Wildman–Crippen LogP) is 4.74. The van der Waals surface area contributed by atoms with Gasteiger partial charge in [-0.05, 0) is 54.6 Å². The minimum Gasteiger partial charge on any atom is -0.496 e. The summed E-state index contributed by atoms with van der Waals surface area (Å²) in [6.07, 6.45) is 3.33. The number of methoxy groups -OCH3 is 2. The summed E-state index contributed by atoms with van der Waals surface area (Å²) in [6.45, 7) is 9.34. The summed E-state index contributed by atoms with van der Waals surface area (Å²) < 4.78 is 16.7. The van der Waals surface area contributed by atoms with Crippen LogP contribution in [0, 0.1) is 0 Å². The molecular formula is C26H36N2O4. The highest BCUT2D eigenvalue weighted by Crippen LogP contribution is 2.38. The summed E-state index contributed by atoms with van der Waals surface area (Å²) >= 11 is 0. The number of para-hydroxylation sites is 1. The molecule has 1 saturated heterocycles. The summed E-state index contributed by atoms with van der Waals surface area (Å²) in [5.74, 6) is 0.795. The van der Waals surface area contributed by atoms with Crippen molar-refractivity contribution in [2.24, 2.45) is 0 Å². The van der Waals surface area contributed by atoms with Crippen molar-refractivity contribution in [2.45, 2.75) is 38.5 Å². The third-order valence-corrected chi connectivity index (χ3v) is 6.18. The number of hydrogen-bond acceptors (Lipinski definition) is 5. The van der Waals surface area contributed by atoms with E-state index in [-0.39, 0.29) is 11.3 Å². The Balaban J connectivity index is 1.71. The molecule has 0 saturated carbocycles. The van der Waals surface area contributed by atoms with E-state index in [9.17, 15) is 4.79 Å². The second-order valence-corrected chi connectivity index (χ2v) is 8.87. The number of ether oxygens (including phenoxy) is 3. The van der Waals surface area contributed by atoms with E-state index < -0.39 is 0 Å². The third-order valence-electron chi connectivity index (χ3n) is 6.18. The Morgan fingerprint density at radius 2 is 1.66 bits per heavy atom. The van der Waals surface area contributed by atoms with E-state index in [0.29, 0.717) is 17.1 Å². The minimum absolute atomic E-state index is 0.0694. The number of nitrogens with zero attached hydrogens (tertiary/aromatic N) is 1. The van der Waals surface area contributed by atoms with Crippen molar-refractivity contribution in [3.8, 4) is 11.5 Å². The van der Waals surface area contributed by atoms with Gasteiger partial charge in [0.15, 0.2) is 0 Å². The highest BCUT2D eigenvalue weighted by molar-refractivity contribution is 6.08. The quantitative estimate of drug-likeness (QED) is 0.541. The molecule has 0 bridgehead atoms. The van der Waals surface area contributed by atoms with Gasteiger partial charge < -0.3 is 19.5 Å². The summed E-state index contributed by atoms with van der Waals surface area (Å²) in [6, 6.07) is 13.3. The Morgan fingerprint density at radius 1 is 1.03 bits per heavy atom. The number of amides is 1. The number of carbonyl (C=O) groups is 1. The summed E-state index contributed by atoms with van der Waals surface area (Å²) in [5, 5.41) is 2.93. The summed E-state index contributed by atoms with van der Waals surface area (Å²) in [7, 11) is 3.18. The fourth-order valence-corrected chi connectivity index (χ4v) is 4.11. The van der Waals surface area contributed by atoms with E-state index >= 15 is 0 Å². The highest BCUT2D eigenvalue weighted by atomic mass is 16.5. The smallest absolute Gasteiger partial charge is 0.263 e. The van der Waals surface area contributed by atoms with Crippen LogP contribution in [0.2, 0.25) is 0 Å². The average Bonchev–Trinajstić information content (AvgIpc) is 2.82. The standard InChI is InChI=1S/C26H36N2O4/c1-26(2,12-8-9-13-28-14-16-32-17-15-28)20-18-22(30-3)24(23(19-20)31-4)25(29)27-21-10-6-5-7-11-21/h5-7,10-11,18-19H,8-9,12-17H2,1-4H3,(H,27,29). The lowest BCUT2D eigenvalue weighted by Crippen LogP contribution is -2.36. The molecule has 1 N–H and O–H groups in total. The Bertz CT molecular complexity index is 852. The normalized spacial score (nSPS) is 14.8. The van der Waals surface area contributed by atoms with Gasteiger partial charge in [0.05, 0.1) is 27.4 Å². The van der Waals surface area contributed by atoms with Crippen molar-refractivity contribution in [3.63, 3.8) is 0 Å².